The topological polar surface area (TPSA) is 51.7 Å². The zero-order valence-electron chi connectivity index (χ0n) is 13.4. The number of aromatic nitrogens is 1. The van der Waals surface area contributed by atoms with Crippen molar-refractivity contribution in [3.8, 4) is 11.5 Å². The second-order valence-electron chi connectivity index (χ2n) is 5.64. The van der Waals surface area contributed by atoms with Crippen molar-refractivity contribution in [3.05, 3.63) is 53.3 Å². The van der Waals surface area contributed by atoms with Crippen LogP contribution in [0.5, 0.6) is 11.5 Å². The summed E-state index contributed by atoms with van der Waals surface area (Å²) >= 11 is 6.09. The SMILES string of the molecule is COc1ccccc1C(=O)N1CCCC(Oc2ccncc2Cl)C1. The molecule has 1 saturated heterocycles. The molecule has 0 N–H and O–H groups in total. The van der Waals surface area contributed by atoms with E-state index in [1.54, 1.807) is 42.6 Å². The molecule has 1 aromatic heterocycles. The normalized spacial score (nSPS) is 17.4. The molecule has 126 valence electrons. The number of pyridine rings is 1. The lowest BCUT2D eigenvalue weighted by atomic mass is 10.1. The van der Waals surface area contributed by atoms with Crippen molar-refractivity contribution >= 4 is 17.5 Å². The van der Waals surface area contributed by atoms with Crippen molar-refractivity contribution in [3.63, 3.8) is 0 Å². The molecule has 3 rings (SSSR count). The molecule has 0 bridgehead atoms. The van der Waals surface area contributed by atoms with Crippen LogP contribution in [0.15, 0.2) is 42.7 Å². The van der Waals surface area contributed by atoms with Crippen LogP contribution in [-0.4, -0.2) is 42.1 Å². The predicted molar refractivity (Wildman–Crippen MR) is 91.8 cm³/mol. The molecule has 2 aromatic rings. The molecule has 0 saturated carbocycles. The molecule has 0 spiro atoms. The van der Waals surface area contributed by atoms with Gasteiger partial charge >= 0.3 is 0 Å². The third-order valence-corrected chi connectivity index (χ3v) is 4.32. The first-order valence-electron chi connectivity index (χ1n) is 7.87. The molecular formula is C18H19ClN2O3. The first kappa shape index (κ1) is 16.6. The highest BCUT2D eigenvalue weighted by Gasteiger charge is 2.27. The monoisotopic (exact) mass is 346 g/mol. The quantitative estimate of drug-likeness (QED) is 0.851. The van der Waals surface area contributed by atoms with Crippen molar-refractivity contribution in [1.82, 2.24) is 9.88 Å². The minimum atomic E-state index is -0.0858. The molecule has 6 heteroatoms. The van der Waals surface area contributed by atoms with Gasteiger partial charge < -0.3 is 14.4 Å². The summed E-state index contributed by atoms with van der Waals surface area (Å²) in [6, 6.07) is 9.00. The number of carbonyl (C=O) groups excluding carboxylic acids is 1. The van der Waals surface area contributed by atoms with E-state index in [-0.39, 0.29) is 12.0 Å². The standard InChI is InChI=1S/C18H19ClN2O3/c1-23-16-7-3-2-6-14(16)18(22)21-10-4-5-13(12-21)24-17-8-9-20-11-15(17)19/h2-3,6-9,11,13H,4-5,10,12H2,1H3. The van der Waals surface area contributed by atoms with E-state index in [4.69, 9.17) is 21.1 Å². The molecule has 1 aliphatic heterocycles. The number of nitrogens with zero attached hydrogens (tertiary/aromatic N) is 2. The molecule has 0 radical (unpaired) electrons. The minimum absolute atomic E-state index is 0.0402. The maximum Gasteiger partial charge on any atom is 0.257 e. The lowest BCUT2D eigenvalue weighted by Crippen LogP contribution is -2.44. The largest absolute Gasteiger partial charge is 0.496 e. The van der Waals surface area contributed by atoms with Crippen LogP contribution in [0.1, 0.15) is 23.2 Å². The first-order valence-corrected chi connectivity index (χ1v) is 8.25. The van der Waals surface area contributed by atoms with E-state index in [2.05, 4.69) is 4.98 Å². The highest BCUT2D eigenvalue weighted by molar-refractivity contribution is 6.31. The Morgan fingerprint density at radius 2 is 2.12 bits per heavy atom. The highest BCUT2D eigenvalue weighted by atomic mass is 35.5. The van der Waals surface area contributed by atoms with Gasteiger partial charge in [-0.2, -0.15) is 0 Å². The first-order chi connectivity index (χ1) is 11.7. The van der Waals surface area contributed by atoms with Crippen molar-refractivity contribution in [2.45, 2.75) is 18.9 Å². The van der Waals surface area contributed by atoms with Crippen LogP contribution < -0.4 is 9.47 Å². The average molecular weight is 347 g/mol. The summed E-state index contributed by atoms with van der Waals surface area (Å²) in [7, 11) is 1.57. The lowest BCUT2D eigenvalue weighted by Gasteiger charge is -2.33. The minimum Gasteiger partial charge on any atom is -0.496 e. The van der Waals surface area contributed by atoms with Gasteiger partial charge in [-0.25, -0.2) is 0 Å². The number of hydrogen-bond donors (Lipinski definition) is 0. The van der Waals surface area contributed by atoms with Gasteiger partial charge in [-0.3, -0.25) is 9.78 Å². The van der Waals surface area contributed by atoms with Gasteiger partial charge in [0.15, 0.2) is 0 Å². The average Bonchev–Trinajstić information content (AvgIpc) is 2.63. The van der Waals surface area contributed by atoms with Crippen LogP contribution in [0.2, 0.25) is 5.02 Å². The van der Waals surface area contributed by atoms with Crippen LogP contribution in [0.3, 0.4) is 0 Å². The summed E-state index contributed by atoms with van der Waals surface area (Å²) < 4.78 is 11.3. The molecular weight excluding hydrogens is 328 g/mol. The number of carbonyl (C=O) groups is 1. The van der Waals surface area contributed by atoms with Crippen molar-refractivity contribution in [2.75, 3.05) is 20.2 Å². The van der Waals surface area contributed by atoms with Gasteiger partial charge in [-0.1, -0.05) is 23.7 Å². The van der Waals surface area contributed by atoms with Crippen molar-refractivity contribution in [1.29, 1.82) is 0 Å². The number of ether oxygens (including phenoxy) is 2. The predicted octanol–water partition coefficient (Wildman–Crippen LogP) is 3.43. The van der Waals surface area contributed by atoms with E-state index in [0.717, 1.165) is 12.8 Å². The number of rotatable bonds is 4. The maximum atomic E-state index is 12.8. The van der Waals surface area contributed by atoms with Crippen LogP contribution in [0, 0.1) is 0 Å². The third-order valence-electron chi connectivity index (χ3n) is 4.03. The summed E-state index contributed by atoms with van der Waals surface area (Å²) in [5, 5.41) is 0.477. The fourth-order valence-electron chi connectivity index (χ4n) is 2.85. The van der Waals surface area contributed by atoms with E-state index in [9.17, 15) is 4.79 Å². The maximum absolute atomic E-state index is 12.8. The van der Waals surface area contributed by atoms with E-state index < -0.39 is 0 Å². The number of benzene rings is 1. The van der Waals surface area contributed by atoms with Gasteiger partial charge in [0.05, 0.1) is 19.2 Å². The van der Waals surface area contributed by atoms with Gasteiger partial charge in [-0.05, 0) is 25.0 Å². The fourth-order valence-corrected chi connectivity index (χ4v) is 3.01. The second-order valence-corrected chi connectivity index (χ2v) is 6.05. The Bertz CT molecular complexity index is 723. The number of methoxy groups -OCH3 is 1. The van der Waals surface area contributed by atoms with E-state index in [0.29, 0.717) is 35.2 Å². The summed E-state index contributed by atoms with van der Waals surface area (Å²) in [6.07, 6.45) is 4.87. The number of piperidine rings is 1. The van der Waals surface area contributed by atoms with Crippen LogP contribution in [-0.2, 0) is 0 Å². The summed E-state index contributed by atoms with van der Waals surface area (Å²) in [6.45, 7) is 1.23. The van der Waals surface area contributed by atoms with Gasteiger partial charge in [0.25, 0.3) is 5.91 Å². The molecule has 1 unspecified atom stereocenters. The Balaban J connectivity index is 1.71. The van der Waals surface area contributed by atoms with E-state index >= 15 is 0 Å². The number of hydrogen-bond acceptors (Lipinski definition) is 4. The highest BCUT2D eigenvalue weighted by Crippen LogP contribution is 2.27. The molecule has 1 aliphatic rings. The smallest absolute Gasteiger partial charge is 0.257 e. The molecule has 1 amide bonds. The molecule has 1 fully saturated rings. The Hall–Kier alpha value is -2.27. The second kappa shape index (κ2) is 7.53. The summed E-state index contributed by atoms with van der Waals surface area (Å²) in [5.74, 6) is 1.15. The number of likely N-dealkylation sites (tertiary alicyclic amines) is 1. The van der Waals surface area contributed by atoms with Gasteiger partial charge in [0, 0.05) is 25.0 Å². The van der Waals surface area contributed by atoms with Gasteiger partial charge in [0.1, 0.15) is 22.6 Å². The number of amides is 1. The Labute approximate surface area is 146 Å². The number of para-hydroxylation sites is 1. The molecule has 1 aromatic carbocycles. The Morgan fingerprint density at radius 1 is 1.29 bits per heavy atom. The Kier molecular flexibility index (Phi) is 5.20. The van der Waals surface area contributed by atoms with Crippen molar-refractivity contribution < 1.29 is 14.3 Å². The lowest BCUT2D eigenvalue weighted by molar-refractivity contribution is 0.0535. The summed E-state index contributed by atoms with van der Waals surface area (Å²) in [5.41, 5.74) is 0.572. The molecule has 5 nitrogen and oxygen atoms in total. The van der Waals surface area contributed by atoms with Crippen LogP contribution >= 0.6 is 11.6 Å². The fraction of sp³-hybridized carbons (Fsp3) is 0.333. The number of halogens is 1. The molecule has 2 heterocycles. The van der Waals surface area contributed by atoms with Crippen molar-refractivity contribution in [2.24, 2.45) is 0 Å². The summed E-state index contributed by atoms with van der Waals surface area (Å²) in [4.78, 5) is 18.6. The molecule has 24 heavy (non-hydrogen) atoms. The molecule has 1 atom stereocenters. The van der Waals surface area contributed by atoms with Gasteiger partial charge in [-0.15, -0.1) is 0 Å². The van der Waals surface area contributed by atoms with Gasteiger partial charge in [0.2, 0.25) is 0 Å². The zero-order chi connectivity index (χ0) is 16.9. The van der Waals surface area contributed by atoms with E-state index in [1.165, 1.54) is 0 Å². The van der Waals surface area contributed by atoms with Crippen LogP contribution in [0.4, 0.5) is 0 Å². The molecule has 0 aliphatic carbocycles. The van der Waals surface area contributed by atoms with E-state index in [1.807, 2.05) is 12.1 Å². The Morgan fingerprint density at radius 3 is 2.92 bits per heavy atom. The van der Waals surface area contributed by atoms with Crippen LogP contribution in [0.25, 0.3) is 0 Å². The zero-order valence-corrected chi connectivity index (χ0v) is 14.2. The third kappa shape index (κ3) is 3.62.